The van der Waals surface area contributed by atoms with Gasteiger partial charge >= 0.3 is 0 Å². The van der Waals surface area contributed by atoms with Crippen LogP contribution in [-0.2, 0) is 5.54 Å². The molecule has 4 heteroatoms. The van der Waals surface area contributed by atoms with Gasteiger partial charge in [0.1, 0.15) is 11.6 Å². The molecule has 0 spiro atoms. The average Bonchev–Trinajstić information content (AvgIpc) is 2.49. The summed E-state index contributed by atoms with van der Waals surface area (Å²) in [5.41, 5.74) is 9.51. The van der Waals surface area contributed by atoms with E-state index in [0.29, 0.717) is 12.1 Å². The lowest BCUT2D eigenvalue weighted by Gasteiger charge is -2.30. The standard InChI is InChI=1S/C17H21FN2O/c1-5-17(19,15-9-7-13(18)10-20-15)14-8-6-11(2)12(3)16(14)21-4/h6-10H,5,19H2,1-4H3. The van der Waals surface area contributed by atoms with Gasteiger partial charge in [-0.1, -0.05) is 19.1 Å². The Labute approximate surface area is 125 Å². The number of aromatic nitrogens is 1. The number of hydrogen-bond acceptors (Lipinski definition) is 3. The third kappa shape index (κ3) is 2.63. The molecule has 0 amide bonds. The number of ether oxygens (including phenoxy) is 1. The van der Waals surface area contributed by atoms with Crippen LogP contribution in [0.1, 0.15) is 35.7 Å². The highest BCUT2D eigenvalue weighted by Crippen LogP contribution is 2.38. The lowest BCUT2D eigenvalue weighted by molar-refractivity contribution is 0.386. The van der Waals surface area contributed by atoms with Gasteiger partial charge in [-0.3, -0.25) is 4.98 Å². The van der Waals surface area contributed by atoms with Gasteiger partial charge < -0.3 is 10.5 Å². The highest BCUT2D eigenvalue weighted by molar-refractivity contribution is 5.51. The van der Waals surface area contributed by atoms with E-state index in [9.17, 15) is 4.39 Å². The Balaban J connectivity index is 2.65. The number of benzene rings is 1. The Hall–Kier alpha value is -1.94. The minimum Gasteiger partial charge on any atom is -0.496 e. The molecule has 0 aliphatic rings. The number of hydrogen-bond donors (Lipinski definition) is 1. The summed E-state index contributed by atoms with van der Waals surface area (Å²) in [5, 5.41) is 0. The van der Waals surface area contributed by atoms with Gasteiger partial charge in [-0.05, 0) is 43.5 Å². The molecule has 112 valence electrons. The second-order valence-corrected chi connectivity index (χ2v) is 5.27. The van der Waals surface area contributed by atoms with Gasteiger partial charge in [-0.15, -0.1) is 0 Å². The van der Waals surface area contributed by atoms with Crippen LogP contribution in [0.2, 0.25) is 0 Å². The second kappa shape index (κ2) is 5.82. The molecule has 0 fully saturated rings. The highest BCUT2D eigenvalue weighted by atomic mass is 19.1. The van der Waals surface area contributed by atoms with Gasteiger partial charge in [0.2, 0.25) is 0 Å². The van der Waals surface area contributed by atoms with Crippen LogP contribution in [-0.4, -0.2) is 12.1 Å². The fraction of sp³-hybridized carbons (Fsp3) is 0.353. The minimum atomic E-state index is -0.808. The van der Waals surface area contributed by atoms with Crippen LogP contribution in [0.25, 0.3) is 0 Å². The zero-order valence-corrected chi connectivity index (χ0v) is 12.9. The molecular formula is C17H21FN2O. The van der Waals surface area contributed by atoms with E-state index in [-0.39, 0.29) is 5.82 Å². The first-order chi connectivity index (χ1) is 9.93. The van der Waals surface area contributed by atoms with Crippen molar-refractivity contribution in [3.05, 3.63) is 58.7 Å². The molecule has 1 heterocycles. The molecule has 3 nitrogen and oxygen atoms in total. The molecule has 0 aliphatic carbocycles. The van der Waals surface area contributed by atoms with E-state index in [2.05, 4.69) is 4.98 Å². The maximum absolute atomic E-state index is 13.1. The van der Waals surface area contributed by atoms with Crippen molar-refractivity contribution in [1.29, 1.82) is 0 Å². The monoisotopic (exact) mass is 288 g/mol. The topological polar surface area (TPSA) is 48.1 Å². The van der Waals surface area contributed by atoms with Crippen LogP contribution in [0.5, 0.6) is 5.75 Å². The molecule has 0 radical (unpaired) electrons. The molecule has 21 heavy (non-hydrogen) atoms. The lowest BCUT2D eigenvalue weighted by atomic mass is 9.82. The van der Waals surface area contributed by atoms with Crippen molar-refractivity contribution in [2.24, 2.45) is 5.73 Å². The quantitative estimate of drug-likeness (QED) is 0.937. The van der Waals surface area contributed by atoms with Crippen LogP contribution in [0.15, 0.2) is 30.5 Å². The number of methoxy groups -OCH3 is 1. The molecule has 2 N–H and O–H groups in total. The minimum absolute atomic E-state index is 0.371. The zero-order chi connectivity index (χ0) is 15.6. The van der Waals surface area contributed by atoms with Gasteiger partial charge in [-0.25, -0.2) is 4.39 Å². The number of pyridine rings is 1. The summed E-state index contributed by atoms with van der Waals surface area (Å²) >= 11 is 0. The predicted molar refractivity (Wildman–Crippen MR) is 81.9 cm³/mol. The average molecular weight is 288 g/mol. The summed E-state index contributed by atoms with van der Waals surface area (Å²) in [7, 11) is 1.64. The number of rotatable bonds is 4. The molecule has 0 saturated heterocycles. The summed E-state index contributed by atoms with van der Waals surface area (Å²) in [4.78, 5) is 4.17. The fourth-order valence-electron chi connectivity index (χ4n) is 2.55. The van der Waals surface area contributed by atoms with Gasteiger partial charge in [-0.2, -0.15) is 0 Å². The Morgan fingerprint density at radius 3 is 2.48 bits per heavy atom. The predicted octanol–water partition coefficient (Wildman–Crippen LogP) is 3.46. The first kappa shape index (κ1) is 15.4. The van der Waals surface area contributed by atoms with Crippen LogP contribution in [0.3, 0.4) is 0 Å². The van der Waals surface area contributed by atoms with Crippen LogP contribution in [0.4, 0.5) is 4.39 Å². The lowest BCUT2D eigenvalue weighted by Crippen LogP contribution is -2.38. The van der Waals surface area contributed by atoms with E-state index in [4.69, 9.17) is 10.5 Å². The number of nitrogens with two attached hydrogens (primary N) is 1. The van der Waals surface area contributed by atoms with E-state index in [1.165, 1.54) is 12.3 Å². The molecule has 0 aliphatic heterocycles. The third-order valence-electron chi connectivity index (χ3n) is 4.10. The summed E-state index contributed by atoms with van der Waals surface area (Å²) in [5.74, 6) is 0.398. The highest BCUT2D eigenvalue weighted by Gasteiger charge is 2.33. The normalized spacial score (nSPS) is 13.8. The van der Waals surface area contributed by atoms with Crippen LogP contribution >= 0.6 is 0 Å². The number of halogens is 1. The first-order valence-corrected chi connectivity index (χ1v) is 6.99. The fourth-order valence-corrected chi connectivity index (χ4v) is 2.55. The molecule has 0 bridgehead atoms. The van der Waals surface area contributed by atoms with Gasteiger partial charge in [0, 0.05) is 5.56 Å². The molecule has 1 aromatic heterocycles. The Morgan fingerprint density at radius 1 is 1.24 bits per heavy atom. The van der Waals surface area contributed by atoms with E-state index < -0.39 is 5.54 Å². The van der Waals surface area contributed by atoms with Crippen molar-refractivity contribution >= 4 is 0 Å². The molecule has 1 atom stereocenters. The molecule has 2 rings (SSSR count). The van der Waals surface area contributed by atoms with Crippen molar-refractivity contribution in [2.75, 3.05) is 7.11 Å². The summed E-state index contributed by atoms with van der Waals surface area (Å²) in [6, 6.07) is 7.00. The Bertz CT molecular complexity index is 640. The Morgan fingerprint density at radius 2 is 1.95 bits per heavy atom. The molecule has 0 saturated carbocycles. The number of aryl methyl sites for hydroxylation is 1. The largest absolute Gasteiger partial charge is 0.496 e. The third-order valence-corrected chi connectivity index (χ3v) is 4.10. The smallest absolute Gasteiger partial charge is 0.141 e. The molecule has 1 unspecified atom stereocenters. The van der Waals surface area contributed by atoms with Gasteiger partial charge in [0.25, 0.3) is 0 Å². The molecule has 2 aromatic rings. The van der Waals surface area contributed by atoms with Gasteiger partial charge in [0.05, 0.1) is 24.5 Å². The van der Waals surface area contributed by atoms with Crippen molar-refractivity contribution < 1.29 is 9.13 Å². The van der Waals surface area contributed by atoms with Crippen LogP contribution < -0.4 is 10.5 Å². The zero-order valence-electron chi connectivity index (χ0n) is 12.9. The summed E-state index contributed by atoms with van der Waals surface area (Å²) < 4.78 is 18.7. The van der Waals surface area contributed by atoms with E-state index in [1.54, 1.807) is 13.2 Å². The second-order valence-electron chi connectivity index (χ2n) is 5.27. The van der Waals surface area contributed by atoms with E-state index in [1.807, 2.05) is 32.9 Å². The maximum atomic E-state index is 13.1. The van der Waals surface area contributed by atoms with Crippen molar-refractivity contribution in [1.82, 2.24) is 4.98 Å². The van der Waals surface area contributed by atoms with Crippen molar-refractivity contribution in [2.45, 2.75) is 32.7 Å². The van der Waals surface area contributed by atoms with E-state index in [0.717, 1.165) is 22.4 Å². The summed E-state index contributed by atoms with van der Waals surface area (Å²) in [6.45, 7) is 6.02. The van der Waals surface area contributed by atoms with Crippen molar-refractivity contribution in [3.8, 4) is 5.75 Å². The van der Waals surface area contributed by atoms with Crippen LogP contribution in [0, 0.1) is 19.7 Å². The first-order valence-electron chi connectivity index (χ1n) is 6.99. The SMILES string of the molecule is CCC(N)(c1ccc(F)cn1)c1ccc(C)c(C)c1OC. The maximum Gasteiger partial charge on any atom is 0.141 e. The molecular weight excluding hydrogens is 267 g/mol. The Kier molecular flexibility index (Phi) is 4.28. The van der Waals surface area contributed by atoms with E-state index >= 15 is 0 Å². The van der Waals surface area contributed by atoms with Gasteiger partial charge in [0.15, 0.2) is 0 Å². The number of nitrogens with zero attached hydrogens (tertiary/aromatic N) is 1. The molecule has 1 aromatic carbocycles. The van der Waals surface area contributed by atoms with Crippen molar-refractivity contribution in [3.63, 3.8) is 0 Å². The summed E-state index contributed by atoms with van der Waals surface area (Å²) in [6.07, 6.45) is 1.82.